The van der Waals surface area contributed by atoms with Gasteiger partial charge in [-0.3, -0.25) is 0 Å². The van der Waals surface area contributed by atoms with E-state index in [2.05, 4.69) is 16.8 Å². The molecule has 1 aromatic carbocycles. The Hall–Kier alpha value is -1.55. The molecule has 1 fully saturated rings. The molecule has 0 amide bonds. The molecule has 0 aromatic heterocycles. The Kier molecular flexibility index (Phi) is 3.33. The number of piperazine rings is 1. The van der Waals surface area contributed by atoms with Gasteiger partial charge in [0.1, 0.15) is 0 Å². The van der Waals surface area contributed by atoms with Crippen LogP contribution in [0.25, 0.3) is 0 Å². The quantitative estimate of drug-likeness (QED) is 0.841. The van der Waals surface area contributed by atoms with Crippen molar-refractivity contribution in [3.8, 4) is 0 Å². The number of anilines is 1. The number of carbonyl (C=O) groups is 1. The van der Waals surface area contributed by atoms with Crippen LogP contribution in [0.2, 0.25) is 0 Å². The van der Waals surface area contributed by atoms with Gasteiger partial charge < -0.3 is 14.9 Å². The molecule has 1 N–H and O–H groups in total. The first-order valence-corrected chi connectivity index (χ1v) is 5.85. The van der Waals surface area contributed by atoms with Crippen molar-refractivity contribution in [2.75, 3.05) is 38.1 Å². The van der Waals surface area contributed by atoms with Crippen molar-refractivity contribution in [1.29, 1.82) is 0 Å². The van der Waals surface area contributed by atoms with E-state index < -0.39 is 5.97 Å². The number of aryl methyl sites for hydroxylation is 1. The Morgan fingerprint density at radius 2 is 1.88 bits per heavy atom. The van der Waals surface area contributed by atoms with Crippen LogP contribution in [0.3, 0.4) is 0 Å². The van der Waals surface area contributed by atoms with Crippen molar-refractivity contribution in [2.45, 2.75) is 6.92 Å². The molecule has 2 rings (SSSR count). The SMILES string of the molecule is Cc1ccc(N2CCN(C)CC2)c(C(=O)O)c1. The monoisotopic (exact) mass is 234 g/mol. The summed E-state index contributed by atoms with van der Waals surface area (Å²) < 4.78 is 0. The molecule has 0 bridgehead atoms. The van der Waals surface area contributed by atoms with Gasteiger partial charge in [0.25, 0.3) is 0 Å². The van der Waals surface area contributed by atoms with Crippen LogP contribution in [0.4, 0.5) is 5.69 Å². The molecule has 1 aromatic rings. The van der Waals surface area contributed by atoms with Gasteiger partial charge in [-0.1, -0.05) is 11.6 Å². The Morgan fingerprint density at radius 1 is 1.24 bits per heavy atom. The number of benzene rings is 1. The third kappa shape index (κ3) is 2.58. The third-order valence-electron chi connectivity index (χ3n) is 3.23. The highest BCUT2D eigenvalue weighted by atomic mass is 16.4. The minimum absolute atomic E-state index is 0.412. The van der Waals surface area contributed by atoms with Gasteiger partial charge in [0.15, 0.2) is 0 Å². The van der Waals surface area contributed by atoms with Crippen LogP contribution in [0.5, 0.6) is 0 Å². The molecule has 1 heterocycles. The summed E-state index contributed by atoms with van der Waals surface area (Å²) in [6, 6.07) is 5.64. The molecule has 0 aliphatic carbocycles. The fourth-order valence-corrected chi connectivity index (χ4v) is 2.14. The number of rotatable bonds is 2. The fourth-order valence-electron chi connectivity index (χ4n) is 2.14. The Bertz CT molecular complexity index is 423. The Morgan fingerprint density at radius 3 is 2.47 bits per heavy atom. The predicted octanol–water partition coefficient (Wildman–Crippen LogP) is 1.45. The summed E-state index contributed by atoms with van der Waals surface area (Å²) >= 11 is 0. The van der Waals surface area contributed by atoms with E-state index in [0.717, 1.165) is 37.4 Å². The molecule has 4 heteroatoms. The molecule has 1 aliphatic rings. The second kappa shape index (κ2) is 4.75. The number of carboxylic acids is 1. The maximum Gasteiger partial charge on any atom is 0.337 e. The minimum atomic E-state index is -0.845. The zero-order chi connectivity index (χ0) is 12.4. The molecule has 0 spiro atoms. The summed E-state index contributed by atoms with van der Waals surface area (Å²) in [5.41, 5.74) is 2.24. The van der Waals surface area contributed by atoms with Crippen molar-refractivity contribution in [2.24, 2.45) is 0 Å². The number of hydrogen-bond donors (Lipinski definition) is 1. The smallest absolute Gasteiger partial charge is 0.337 e. The average Bonchev–Trinajstić information content (AvgIpc) is 2.30. The van der Waals surface area contributed by atoms with Crippen molar-refractivity contribution in [3.63, 3.8) is 0 Å². The van der Waals surface area contributed by atoms with Gasteiger partial charge in [-0.25, -0.2) is 4.79 Å². The van der Waals surface area contributed by atoms with E-state index in [1.807, 2.05) is 19.1 Å². The molecule has 92 valence electrons. The van der Waals surface area contributed by atoms with Gasteiger partial charge in [0.2, 0.25) is 0 Å². The molecule has 0 radical (unpaired) electrons. The zero-order valence-corrected chi connectivity index (χ0v) is 10.3. The highest BCUT2D eigenvalue weighted by Gasteiger charge is 2.19. The van der Waals surface area contributed by atoms with Crippen LogP contribution >= 0.6 is 0 Å². The van der Waals surface area contributed by atoms with E-state index in [1.54, 1.807) is 6.07 Å². The summed E-state index contributed by atoms with van der Waals surface area (Å²) in [5, 5.41) is 9.24. The van der Waals surface area contributed by atoms with E-state index in [9.17, 15) is 9.90 Å². The van der Waals surface area contributed by atoms with Gasteiger partial charge in [-0.2, -0.15) is 0 Å². The summed E-state index contributed by atoms with van der Waals surface area (Å²) in [6.45, 7) is 5.65. The van der Waals surface area contributed by atoms with Crippen molar-refractivity contribution in [1.82, 2.24) is 4.90 Å². The van der Waals surface area contributed by atoms with E-state index in [0.29, 0.717) is 5.56 Å². The van der Waals surface area contributed by atoms with E-state index in [4.69, 9.17) is 0 Å². The molecule has 1 aliphatic heterocycles. The van der Waals surface area contributed by atoms with Crippen LogP contribution in [-0.2, 0) is 0 Å². The minimum Gasteiger partial charge on any atom is -0.478 e. The van der Waals surface area contributed by atoms with Gasteiger partial charge in [-0.15, -0.1) is 0 Å². The van der Waals surface area contributed by atoms with E-state index in [1.165, 1.54) is 0 Å². The highest BCUT2D eigenvalue weighted by molar-refractivity contribution is 5.94. The van der Waals surface area contributed by atoms with Crippen molar-refractivity contribution < 1.29 is 9.90 Å². The van der Waals surface area contributed by atoms with Gasteiger partial charge in [-0.05, 0) is 26.1 Å². The fraction of sp³-hybridized carbons (Fsp3) is 0.462. The maximum absolute atomic E-state index is 11.2. The third-order valence-corrected chi connectivity index (χ3v) is 3.23. The lowest BCUT2D eigenvalue weighted by molar-refractivity contribution is 0.0697. The first kappa shape index (κ1) is 11.9. The highest BCUT2D eigenvalue weighted by Crippen LogP contribution is 2.23. The maximum atomic E-state index is 11.2. The summed E-state index contributed by atoms with van der Waals surface area (Å²) in [6.07, 6.45) is 0. The average molecular weight is 234 g/mol. The van der Waals surface area contributed by atoms with Crippen LogP contribution in [0, 0.1) is 6.92 Å². The summed E-state index contributed by atoms with van der Waals surface area (Å²) in [5.74, 6) is -0.845. The number of likely N-dealkylation sites (N-methyl/N-ethyl adjacent to an activating group) is 1. The molecule has 4 nitrogen and oxygen atoms in total. The second-order valence-electron chi connectivity index (χ2n) is 4.62. The molecule has 1 saturated heterocycles. The van der Waals surface area contributed by atoms with Crippen LogP contribution in [-0.4, -0.2) is 49.2 Å². The van der Waals surface area contributed by atoms with Gasteiger partial charge in [0, 0.05) is 26.2 Å². The van der Waals surface area contributed by atoms with E-state index in [-0.39, 0.29) is 0 Å². The molecule has 17 heavy (non-hydrogen) atoms. The van der Waals surface area contributed by atoms with Gasteiger partial charge in [0.05, 0.1) is 11.3 Å². The molecule has 0 unspecified atom stereocenters. The Labute approximate surface area is 101 Å². The number of hydrogen-bond acceptors (Lipinski definition) is 3. The lowest BCUT2D eigenvalue weighted by Gasteiger charge is -2.34. The number of carboxylic acid groups (broad SMARTS) is 1. The zero-order valence-electron chi connectivity index (χ0n) is 10.3. The largest absolute Gasteiger partial charge is 0.478 e. The lowest BCUT2D eigenvalue weighted by Crippen LogP contribution is -2.45. The van der Waals surface area contributed by atoms with Crippen LogP contribution < -0.4 is 4.90 Å². The van der Waals surface area contributed by atoms with Crippen molar-refractivity contribution in [3.05, 3.63) is 29.3 Å². The van der Waals surface area contributed by atoms with E-state index >= 15 is 0 Å². The predicted molar refractivity (Wildman–Crippen MR) is 67.8 cm³/mol. The van der Waals surface area contributed by atoms with Crippen LogP contribution in [0.1, 0.15) is 15.9 Å². The number of nitrogens with zero attached hydrogens (tertiary/aromatic N) is 2. The normalized spacial score (nSPS) is 17.2. The standard InChI is InChI=1S/C13H18N2O2/c1-10-3-4-12(11(9-10)13(16)17)15-7-5-14(2)6-8-15/h3-4,9H,5-8H2,1-2H3,(H,16,17). The summed E-state index contributed by atoms with van der Waals surface area (Å²) in [4.78, 5) is 15.7. The summed E-state index contributed by atoms with van der Waals surface area (Å²) in [7, 11) is 2.09. The molecular weight excluding hydrogens is 216 g/mol. The first-order chi connectivity index (χ1) is 8.08. The molecule has 0 saturated carbocycles. The second-order valence-corrected chi connectivity index (χ2v) is 4.62. The first-order valence-electron chi connectivity index (χ1n) is 5.85. The van der Waals surface area contributed by atoms with Crippen molar-refractivity contribution >= 4 is 11.7 Å². The Balaban J connectivity index is 2.28. The van der Waals surface area contributed by atoms with Crippen LogP contribution in [0.15, 0.2) is 18.2 Å². The number of aromatic carboxylic acids is 1. The molecule has 0 atom stereocenters. The molecular formula is C13H18N2O2. The lowest BCUT2D eigenvalue weighted by atomic mass is 10.1. The van der Waals surface area contributed by atoms with Gasteiger partial charge >= 0.3 is 5.97 Å². The topological polar surface area (TPSA) is 43.8 Å².